The maximum Gasteiger partial charge on any atom is 0.281 e. The number of aryl methyl sites for hydroxylation is 2. The quantitative estimate of drug-likeness (QED) is 0.249. The highest BCUT2D eigenvalue weighted by Crippen LogP contribution is 2.51. The molecule has 0 saturated heterocycles. The minimum Gasteiger partial charge on any atom is -0.294 e. The molecule has 2 aromatic rings. The Balaban J connectivity index is 1.89. The van der Waals surface area contributed by atoms with Gasteiger partial charge in [0.2, 0.25) is 5.78 Å². The van der Waals surface area contributed by atoms with Crippen molar-refractivity contribution < 1.29 is 22.9 Å². The first-order valence-electron chi connectivity index (χ1n) is 10.5. The van der Waals surface area contributed by atoms with Crippen molar-refractivity contribution >= 4 is 38.9 Å². The van der Waals surface area contributed by atoms with Crippen molar-refractivity contribution in [3.8, 4) is 0 Å². The van der Waals surface area contributed by atoms with Crippen LogP contribution in [-0.4, -0.2) is 31.2 Å². The average molecular weight is 486 g/mol. The Morgan fingerprint density at radius 3 is 2.33 bits per heavy atom. The second-order valence-electron chi connectivity index (χ2n) is 8.67. The standard InChI is InChI=1S/C24H23NO6S2/c1-13-5-4-6-14(2)23(13)32-24-16-8-7-15(11-16)21(26)20(24)22(27)18-10-9-17(33(3,30)31)12-19(18)25(28)29/h4-6,9-10,12,15-16H,7-8,11H2,1-3H3. The summed E-state index contributed by atoms with van der Waals surface area (Å²) < 4.78 is 23.8. The van der Waals surface area contributed by atoms with Crippen molar-refractivity contribution in [3.63, 3.8) is 0 Å². The van der Waals surface area contributed by atoms with Gasteiger partial charge >= 0.3 is 0 Å². The zero-order valence-corrected chi connectivity index (χ0v) is 20.1. The van der Waals surface area contributed by atoms with Crippen molar-refractivity contribution in [1.29, 1.82) is 0 Å². The monoisotopic (exact) mass is 485 g/mol. The number of benzene rings is 2. The molecule has 2 aromatic carbocycles. The van der Waals surface area contributed by atoms with Crippen molar-refractivity contribution in [2.24, 2.45) is 11.8 Å². The van der Waals surface area contributed by atoms with Gasteiger partial charge in [0.25, 0.3) is 5.69 Å². The van der Waals surface area contributed by atoms with Crippen LogP contribution in [0.25, 0.3) is 0 Å². The molecule has 0 spiro atoms. The van der Waals surface area contributed by atoms with Crippen LogP contribution in [-0.2, 0) is 14.6 Å². The van der Waals surface area contributed by atoms with E-state index in [1.165, 1.54) is 17.8 Å². The number of sulfone groups is 1. The molecule has 172 valence electrons. The van der Waals surface area contributed by atoms with E-state index in [0.29, 0.717) is 17.7 Å². The summed E-state index contributed by atoms with van der Waals surface area (Å²) in [5, 5.41) is 11.7. The second kappa shape index (κ2) is 8.53. The van der Waals surface area contributed by atoms with E-state index >= 15 is 0 Å². The molecule has 9 heteroatoms. The number of carbonyl (C=O) groups excluding carboxylic acids is 2. The Morgan fingerprint density at radius 2 is 1.73 bits per heavy atom. The number of thioether (sulfide) groups is 1. The Kier molecular flexibility index (Phi) is 6.05. The topological polar surface area (TPSA) is 111 Å². The largest absolute Gasteiger partial charge is 0.294 e. The SMILES string of the molecule is Cc1cccc(C)c1SC1=C(C(=O)c2ccc(S(C)(=O)=O)cc2[N+](=O)[O-])C(=O)C2CCC1C2. The van der Waals surface area contributed by atoms with Crippen molar-refractivity contribution in [2.75, 3.05) is 6.26 Å². The third kappa shape index (κ3) is 4.27. The molecule has 33 heavy (non-hydrogen) atoms. The minimum atomic E-state index is -3.70. The first-order chi connectivity index (χ1) is 15.5. The van der Waals surface area contributed by atoms with Gasteiger partial charge in [-0.05, 0) is 62.3 Å². The molecule has 1 fully saturated rings. The predicted octanol–water partition coefficient (Wildman–Crippen LogP) is 4.84. The molecule has 2 aliphatic carbocycles. The number of rotatable bonds is 6. The van der Waals surface area contributed by atoms with Crippen LogP contribution in [0.15, 0.2) is 56.7 Å². The number of Topliss-reactive ketones (excluding diaryl/α,β-unsaturated/α-hetero) is 2. The fourth-order valence-corrected chi connectivity index (χ4v) is 6.63. The summed E-state index contributed by atoms with van der Waals surface area (Å²) in [6.07, 6.45) is 3.09. The van der Waals surface area contributed by atoms with E-state index < -0.39 is 26.2 Å². The zero-order chi connectivity index (χ0) is 24.1. The van der Waals surface area contributed by atoms with Gasteiger partial charge in [-0.2, -0.15) is 0 Å². The normalized spacial score (nSPS) is 20.3. The first kappa shape index (κ1) is 23.4. The van der Waals surface area contributed by atoms with Gasteiger partial charge in [0.15, 0.2) is 15.6 Å². The molecule has 2 atom stereocenters. The molecule has 0 aromatic heterocycles. The summed E-state index contributed by atoms with van der Waals surface area (Å²) in [6, 6.07) is 9.09. The van der Waals surface area contributed by atoms with Crippen LogP contribution in [0.1, 0.15) is 40.7 Å². The highest BCUT2D eigenvalue weighted by atomic mass is 32.2. The summed E-state index contributed by atoms with van der Waals surface area (Å²) in [7, 11) is -3.70. The molecule has 0 N–H and O–H groups in total. The Morgan fingerprint density at radius 1 is 1.09 bits per heavy atom. The van der Waals surface area contributed by atoms with Gasteiger partial charge in [-0.3, -0.25) is 19.7 Å². The van der Waals surface area contributed by atoms with Crippen LogP contribution in [0, 0.1) is 35.8 Å². The lowest BCUT2D eigenvalue weighted by molar-refractivity contribution is -0.385. The maximum atomic E-state index is 13.6. The highest BCUT2D eigenvalue weighted by Gasteiger charge is 2.44. The van der Waals surface area contributed by atoms with Crippen LogP contribution < -0.4 is 0 Å². The summed E-state index contributed by atoms with van der Waals surface area (Å²) >= 11 is 1.41. The van der Waals surface area contributed by atoms with Gasteiger partial charge in [0.05, 0.1) is 15.4 Å². The summed E-state index contributed by atoms with van der Waals surface area (Å²) in [4.78, 5) is 39.3. The number of hydrogen-bond acceptors (Lipinski definition) is 7. The molecule has 1 saturated carbocycles. The number of carbonyl (C=O) groups is 2. The number of allylic oxidation sites excluding steroid dienone is 2. The highest BCUT2D eigenvalue weighted by molar-refractivity contribution is 8.03. The van der Waals surface area contributed by atoms with Crippen molar-refractivity contribution in [1.82, 2.24) is 0 Å². The van der Waals surface area contributed by atoms with E-state index in [0.717, 1.165) is 40.8 Å². The predicted molar refractivity (Wildman–Crippen MR) is 125 cm³/mol. The lowest BCUT2D eigenvalue weighted by Gasteiger charge is -2.25. The van der Waals surface area contributed by atoms with E-state index in [1.807, 2.05) is 32.0 Å². The van der Waals surface area contributed by atoms with E-state index in [1.54, 1.807) is 0 Å². The smallest absolute Gasteiger partial charge is 0.281 e. The first-order valence-corrected chi connectivity index (χ1v) is 13.3. The third-order valence-electron chi connectivity index (χ3n) is 6.35. The maximum absolute atomic E-state index is 13.6. The molecular formula is C24H23NO6S2. The number of fused-ring (bicyclic) bond motifs is 2. The van der Waals surface area contributed by atoms with Crippen molar-refractivity contribution in [2.45, 2.75) is 42.9 Å². The summed E-state index contributed by atoms with van der Waals surface area (Å²) in [5.74, 6) is -1.20. The van der Waals surface area contributed by atoms with Crippen LogP contribution in [0.3, 0.4) is 0 Å². The van der Waals surface area contributed by atoms with E-state index in [2.05, 4.69) is 0 Å². The van der Waals surface area contributed by atoms with Crippen LogP contribution in [0.4, 0.5) is 5.69 Å². The zero-order valence-electron chi connectivity index (χ0n) is 18.5. The second-order valence-corrected chi connectivity index (χ2v) is 11.7. The van der Waals surface area contributed by atoms with E-state index in [4.69, 9.17) is 0 Å². The molecular weight excluding hydrogens is 462 g/mol. The summed E-state index contributed by atoms with van der Waals surface area (Å²) in [5.41, 5.74) is 1.18. The number of hydrogen-bond donors (Lipinski definition) is 0. The molecule has 0 radical (unpaired) electrons. The number of ketones is 2. The Labute approximate surface area is 196 Å². The van der Waals surface area contributed by atoms with E-state index in [-0.39, 0.29) is 33.7 Å². The molecule has 2 unspecified atom stereocenters. The average Bonchev–Trinajstić information content (AvgIpc) is 3.19. The molecule has 2 bridgehead atoms. The van der Waals surface area contributed by atoms with Crippen LogP contribution in [0.5, 0.6) is 0 Å². The van der Waals surface area contributed by atoms with Gasteiger partial charge in [-0.25, -0.2) is 8.42 Å². The fraction of sp³-hybridized carbons (Fsp3) is 0.333. The molecule has 2 aliphatic rings. The van der Waals surface area contributed by atoms with Gasteiger partial charge in [-0.15, -0.1) is 0 Å². The number of nitro benzene ring substituents is 1. The number of nitro groups is 1. The Bertz CT molecular complexity index is 1320. The minimum absolute atomic E-state index is 0.0107. The molecule has 0 aliphatic heterocycles. The van der Waals surface area contributed by atoms with Crippen LogP contribution in [0.2, 0.25) is 0 Å². The molecule has 0 heterocycles. The van der Waals surface area contributed by atoms with Gasteiger partial charge in [-0.1, -0.05) is 30.0 Å². The lowest BCUT2D eigenvalue weighted by atomic mass is 9.84. The lowest BCUT2D eigenvalue weighted by Crippen LogP contribution is -2.27. The number of nitrogens with zero attached hydrogens (tertiary/aromatic N) is 1. The van der Waals surface area contributed by atoms with E-state index in [9.17, 15) is 28.1 Å². The molecule has 0 amide bonds. The van der Waals surface area contributed by atoms with Gasteiger partial charge < -0.3 is 0 Å². The van der Waals surface area contributed by atoms with Crippen LogP contribution >= 0.6 is 11.8 Å². The van der Waals surface area contributed by atoms with Crippen molar-refractivity contribution in [3.05, 3.63) is 73.7 Å². The van der Waals surface area contributed by atoms with Gasteiger partial charge in [0, 0.05) is 28.0 Å². The third-order valence-corrected chi connectivity index (χ3v) is 9.07. The molecule has 4 rings (SSSR count). The summed E-state index contributed by atoms with van der Waals surface area (Å²) in [6.45, 7) is 3.93. The fourth-order valence-electron chi connectivity index (χ4n) is 4.64. The Hall–Kier alpha value is -2.78. The van der Waals surface area contributed by atoms with Gasteiger partial charge in [0.1, 0.15) is 5.56 Å². The molecule has 7 nitrogen and oxygen atoms in total.